The highest BCUT2D eigenvalue weighted by Gasteiger charge is 1.97. The minimum Gasteiger partial charge on any atom is -0.486 e. The molecule has 5 heteroatoms. The number of hydrogen-bond acceptors (Lipinski definition) is 4. The number of aromatic nitrogens is 2. The second-order valence-electron chi connectivity index (χ2n) is 2.65. The summed E-state index contributed by atoms with van der Waals surface area (Å²) in [4.78, 5) is 12.0. The molecule has 2 rings (SSSR count). The SMILES string of the molecule is O=c1cc(OCc2cccs2)cn[nH]1. The van der Waals surface area contributed by atoms with E-state index < -0.39 is 0 Å². The summed E-state index contributed by atoms with van der Waals surface area (Å²) in [7, 11) is 0. The normalized spacial score (nSPS) is 10.0. The summed E-state index contributed by atoms with van der Waals surface area (Å²) in [6.07, 6.45) is 1.48. The van der Waals surface area contributed by atoms with Gasteiger partial charge >= 0.3 is 0 Å². The van der Waals surface area contributed by atoms with E-state index in [0.29, 0.717) is 12.4 Å². The Labute approximate surface area is 84.2 Å². The van der Waals surface area contributed by atoms with E-state index in [1.54, 1.807) is 11.3 Å². The number of nitrogens with zero attached hydrogens (tertiary/aromatic N) is 1. The second-order valence-corrected chi connectivity index (χ2v) is 3.68. The van der Waals surface area contributed by atoms with Crippen LogP contribution in [0, 0.1) is 0 Å². The van der Waals surface area contributed by atoms with Crippen molar-refractivity contribution in [3.8, 4) is 5.75 Å². The van der Waals surface area contributed by atoms with Gasteiger partial charge in [0.2, 0.25) is 0 Å². The van der Waals surface area contributed by atoms with Crippen LogP contribution in [0.15, 0.2) is 34.6 Å². The molecule has 0 radical (unpaired) electrons. The molecule has 72 valence electrons. The van der Waals surface area contributed by atoms with Crippen LogP contribution in [-0.2, 0) is 6.61 Å². The predicted molar refractivity (Wildman–Crippen MR) is 53.5 cm³/mol. The number of aromatic amines is 1. The van der Waals surface area contributed by atoms with Gasteiger partial charge in [-0.1, -0.05) is 6.07 Å². The van der Waals surface area contributed by atoms with Crippen molar-refractivity contribution in [2.24, 2.45) is 0 Å². The largest absolute Gasteiger partial charge is 0.486 e. The standard InChI is InChI=1S/C9H8N2O2S/c12-9-4-7(5-10-11-9)13-6-8-2-1-3-14-8/h1-5H,6H2,(H,11,12). The second kappa shape index (κ2) is 4.06. The molecule has 0 spiro atoms. The molecule has 0 fully saturated rings. The van der Waals surface area contributed by atoms with Gasteiger partial charge in [0.15, 0.2) is 0 Å². The fraction of sp³-hybridized carbons (Fsp3) is 0.111. The fourth-order valence-electron chi connectivity index (χ4n) is 0.986. The smallest absolute Gasteiger partial charge is 0.267 e. The van der Waals surface area contributed by atoms with Crippen LogP contribution in [0.5, 0.6) is 5.75 Å². The number of H-pyrrole nitrogens is 1. The number of rotatable bonds is 3. The Bertz CT molecular complexity index is 450. The zero-order chi connectivity index (χ0) is 9.80. The highest BCUT2D eigenvalue weighted by Crippen LogP contribution is 2.12. The van der Waals surface area contributed by atoms with Crippen molar-refractivity contribution in [3.05, 3.63) is 45.0 Å². The quantitative estimate of drug-likeness (QED) is 0.829. The molecule has 4 nitrogen and oxygen atoms in total. The Morgan fingerprint density at radius 1 is 1.57 bits per heavy atom. The van der Waals surface area contributed by atoms with Gasteiger partial charge < -0.3 is 4.74 Å². The van der Waals surface area contributed by atoms with Crippen LogP contribution < -0.4 is 10.3 Å². The van der Waals surface area contributed by atoms with Gasteiger partial charge in [-0.15, -0.1) is 11.3 Å². The van der Waals surface area contributed by atoms with Gasteiger partial charge in [-0.25, -0.2) is 5.10 Å². The lowest BCUT2D eigenvalue weighted by Gasteiger charge is -2.01. The van der Waals surface area contributed by atoms with E-state index in [4.69, 9.17) is 4.74 Å². The Morgan fingerprint density at radius 2 is 2.50 bits per heavy atom. The van der Waals surface area contributed by atoms with E-state index >= 15 is 0 Å². The summed E-state index contributed by atoms with van der Waals surface area (Å²) in [5.41, 5.74) is -0.256. The average Bonchev–Trinajstić information content (AvgIpc) is 2.67. The first kappa shape index (κ1) is 8.96. The van der Waals surface area contributed by atoms with Gasteiger partial charge in [-0.3, -0.25) is 4.79 Å². The molecular weight excluding hydrogens is 200 g/mol. The van der Waals surface area contributed by atoms with Crippen molar-refractivity contribution >= 4 is 11.3 Å². The maximum atomic E-state index is 10.9. The summed E-state index contributed by atoms with van der Waals surface area (Å²) < 4.78 is 5.36. The van der Waals surface area contributed by atoms with E-state index in [-0.39, 0.29) is 5.56 Å². The summed E-state index contributed by atoms with van der Waals surface area (Å²) >= 11 is 1.62. The minimum atomic E-state index is -0.256. The van der Waals surface area contributed by atoms with Gasteiger partial charge in [0, 0.05) is 10.9 Å². The molecule has 0 bridgehead atoms. The highest BCUT2D eigenvalue weighted by molar-refractivity contribution is 7.09. The van der Waals surface area contributed by atoms with E-state index in [1.165, 1.54) is 12.3 Å². The monoisotopic (exact) mass is 208 g/mol. The lowest BCUT2D eigenvalue weighted by atomic mass is 10.5. The Hall–Kier alpha value is -1.62. The Morgan fingerprint density at radius 3 is 3.21 bits per heavy atom. The third kappa shape index (κ3) is 2.20. The van der Waals surface area contributed by atoms with Crippen LogP contribution in [0.4, 0.5) is 0 Å². The molecule has 1 N–H and O–H groups in total. The minimum absolute atomic E-state index is 0.256. The highest BCUT2D eigenvalue weighted by atomic mass is 32.1. The predicted octanol–water partition coefficient (Wildman–Crippen LogP) is 1.41. The maximum Gasteiger partial charge on any atom is 0.267 e. The third-order valence-electron chi connectivity index (χ3n) is 1.60. The van der Waals surface area contributed by atoms with Crippen molar-refractivity contribution in [1.29, 1.82) is 0 Å². The first-order valence-electron chi connectivity index (χ1n) is 4.04. The van der Waals surface area contributed by atoms with Crippen molar-refractivity contribution < 1.29 is 4.74 Å². The zero-order valence-electron chi connectivity index (χ0n) is 7.27. The molecule has 0 saturated heterocycles. The molecule has 0 aliphatic heterocycles. The molecule has 2 heterocycles. The number of nitrogens with one attached hydrogen (secondary N) is 1. The van der Waals surface area contributed by atoms with Crippen LogP contribution in [0.2, 0.25) is 0 Å². The van der Waals surface area contributed by atoms with Crippen molar-refractivity contribution in [3.63, 3.8) is 0 Å². The molecule has 0 unspecified atom stereocenters. The molecule has 2 aromatic rings. The van der Waals surface area contributed by atoms with Gasteiger partial charge in [-0.05, 0) is 11.4 Å². The first-order chi connectivity index (χ1) is 6.84. The molecule has 0 aliphatic rings. The fourth-order valence-corrected chi connectivity index (χ4v) is 1.60. The molecule has 14 heavy (non-hydrogen) atoms. The number of ether oxygens (including phenoxy) is 1. The summed E-state index contributed by atoms with van der Waals surface area (Å²) in [6.45, 7) is 0.475. The number of hydrogen-bond donors (Lipinski definition) is 1. The lowest BCUT2D eigenvalue weighted by Crippen LogP contribution is -2.06. The topological polar surface area (TPSA) is 55.0 Å². The molecule has 0 atom stereocenters. The van der Waals surface area contributed by atoms with Gasteiger partial charge in [0.05, 0.1) is 6.20 Å². The summed E-state index contributed by atoms with van der Waals surface area (Å²) in [6, 6.07) is 5.31. The first-order valence-corrected chi connectivity index (χ1v) is 4.92. The molecule has 2 aromatic heterocycles. The Balaban J connectivity index is 2.02. The van der Waals surface area contributed by atoms with Crippen LogP contribution in [0.25, 0.3) is 0 Å². The van der Waals surface area contributed by atoms with Crippen LogP contribution in [0.1, 0.15) is 4.88 Å². The molecule has 0 saturated carbocycles. The van der Waals surface area contributed by atoms with Gasteiger partial charge in [0.25, 0.3) is 5.56 Å². The Kier molecular flexibility index (Phi) is 2.60. The molecule has 0 amide bonds. The van der Waals surface area contributed by atoms with E-state index in [1.807, 2.05) is 17.5 Å². The van der Waals surface area contributed by atoms with Gasteiger partial charge in [0.1, 0.15) is 12.4 Å². The van der Waals surface area contributed by atoms with E-state index in [9.17, 15) is 4.79 Å². The van der Waals surface area contributed by atoms with E-state index in [0.717, 1.165) is 4.88 Å². The van der Waals surface area contributed by atoms with Gasteiger partial charge in [-0.2, -0.15) is 5.10 Å². The summed E-state index contributed by atoms with van der Waals surface area (Å²) in [5, 5.41) is 7.89. The van der Waals surface area contributed by atoms with Crippen molar-refractivity contribution in [1.82, 2.24) is 10.2 Å². The molecule has 0 aliphatic carbocycles. The lowest BCUT2D eigenvalue weighted by molar-refractivity contribution is 0.307. The van der Waals surface area contributed by atoms with Crippen LogP contribution in [-0.4, -0.2) is 10.2 Å². The van der Waals surface area contributed by atoms with Crippen LogP contribution in [0.3, 0.4) is 0 Å². The maximum absolute atomic E-state index is 10.9. The van der Waals surface area contributed by atoms with Crippen LogP contribution >= 0.6 is 11.3 Å². The van der Waals surface area contributed by atoms with Crippen molar-refractivity contribution in [2.75, 3.05) is 0 Å². The average molecular weight is 208 g/mol. The third-order valence-corrected chi connectivity index (χ3v) is 2.45. The number of thiophene rings is 1. The molecular formula is C9H8N2O2S. The van der Waals surface area contributed by atoms with Crippen molar-refractivity contribution in [2.45, 2.75) is 6.61 Å². The summed E-state index contributed by atoms with van der Waals surface area (Å²) in [5.74, 6) is 0.488. The molecule has 0 aromatic carbocycles. The van der Waals surface area contributed by atoms with E-state index in [2.05, 4.69) is 10.2 Å². The zero-order valence-corrected chi connectivity index (χ0v) is 8.08.